The zero-order valence-electron chi connectivity index (χ0n) is 11.5. The van der Waals surface area contributed by atoms with E-state index >= 15 is 0 Å². The van der Waals surface area contributed by atoms with Gasteiger partial charge in [0.15, 0.2) is 0 Å². The Morgan fingerprint density at radius 1 is 1.29 bits per heavy atom. The lowest BCUT2D eigenvalue weighted by Crippen LogP contribution is -2.12. The van der Waals surface area contributed by atoms with Crippen LogP contribution in [-0.4, -0.2) is 19.6 Å². The second-order valence-electron chi connectivity index (χ2n) is 4.76. The van der Waals surface area contributed by atoms with Crippen LogP contribution in [-0.2, 0) is 0 Å². The number of benzene rings is 1. The van der Waals surface area contributed by atoms with Gasteiger partial charge in [-0.2, -0.15) is 14.6 Å². The van der Waals surface area contributed by atoms with Gasteiger partial charge < -0.3 is 5.32 Å². The first kappa shape index (κ1) is 14.1. The number of aryl methyl sites for hydroxylation is 1. The molecular formula is C14H13Cl2N5. The Kier molecular flexibility index (Phi) is 3.69. The fourth-order valence-corrected chi connectivity index (χ4v) is 2.66. The van der Waals surface area contributed by atoms with E-state index in [-0.39, 0.29) is 6.04 Å². The van der Waals surface area contributed by atoms with Crippen LogP contribution in [0.2, 0.25) is 10.0 Å². The van der Waals surface area contributed by atoms with Crippen molar-refractivity contribution >= 4 is 34.8 Å². The molecule has 21 heavy (non-hydrogen) atoms. The Labute approximate surface area is 131 Å². The summed E-state index contributed by atoms with van der Waals surface area (Å²) in [5.41, 5.74) is 1.79. The average Bonchev–Trinajstić information content (AvgIpc) is 2.90. The number of hydrogen-bond acceptors (Lipinski definition) is 4. The van der Waals surface area contributed by atoms with Gasteiger partial charge in [0.1, 0.15) is 12.1 Å². The van der Waals surface area contributed by atoms with Crippen LogP contribution >= 0.6 is 23.2 Å². The molecule has 7 heteroatoms. The first-order valence-corrected chi connectivity index (χ1v) is 7.19. The van der Waals surface area contributed by atoms with Crippen LogP contribution in [0.5, 0.6) is 0 Å². The SMILES string of the molecule is Cc1cc(NC(C)c2cccc(Cl)c2Cl)n2ncnc2n1. The third kappa shape index (κ3) is 2.66. The minimum atomic E-state index is -0.0367. The molecule has 0 radical (unpaired) electrons. The van der Waals surface area contributed by atoms with E-state index in [0.717, 1.165) is 17.1 Å². The highest BCUT2D eigenvalue weighted by molar-refractivity contribution is 6.42. The summed E-state index contributed by atoms with van der Waals surface area (Å²) in [5, 5.41) is 8.64. The summed E-state index contributed by atoms with van der Waals surface area (Å²) in [6, 6.07) is 7.47. The maximum absolute atomic E-state index is 6.26. The zero-order valence-corrected chi connectivity index (χ0v) is 13.0. The number of halogens is 2. The Bertz CT molecular complexity index is 799. The van der Waals surface area contributed by atoms with Crippen LogP contribution in [0.25, 0.3) is 5.78 Å². The maximum atomic E-state index is 6.26. The van der Waals surface area contributed by atoms with Crippen molar-refractivity contribution in [2.45, 2.75) is 19.9 Å². The van der Waals surface area contributed by atoms with E-state index in [9.17, 15) is 0 Å². The highest BCUT2D eigenvalue weighted by atomic mass is 35.5. The Hall–Kier alpha value is -1.85. The number of hydrogen-bond donors (Lipinski definition) is 1. The largest absolute Gasteiger partial charge is 0.363 e. The lowest BCUT2D eigenvalue weighted by molar-refractivity contribution is 0.838. The molecule has 0 saturated heterocycles. The van der Waals surface area contributed by atoms with Crippen molar-refractivity contribution in [3.63, 3.8) is 0 Å². The molecule has 0 amide bonds. The van der Waals surface area contributed by atoms with Crippen molar-refractivity contribution in [1.29, 1.82) is 0 Å². The molecule has 3 rings (SSSR count). The molecule has 2 heterocycles. The summed E-state index contributed by atoms with van der Waals surface area (Å²) in [6.07, 6.45) is 1.48. The minimum Gasteiger partial charge on any atom is -0.363 e. The molecule has 0 bridgehead atoms. The molecule has 0 aliphatic carbocycles. The highest BCUT2D eigenvalue weighted by Crippen LogP contribution is 2.31. The quantitative estimate of drug-likeness (QED) is 0.794. The third-order valence-electron chi connectivity index (χ3n) is 3.19. The standard InChI is InChI=1S/C14H13Cl2N5/c1-8-6-12(21-14(19-8)17-7-18-21)20-9(2)10-4-3-5-11(15)13(10)16/h3-7,9,20H,1-2H3. The molecule has 1 atom stereocenters. The van der Waals surface area contributed by atoms with E-state index in [1.165, 1.54) is 6.33 Å². The molecule has 1 aromatic carbocycles. The van der Waals surface area contributed by atoms with Crippen LogP contribution < -0.4 is 5.32 Å². The van der Waals surface area contributed by atoms with Crippen LogP contribution in [0.4, 0.5) is 5.82 Å². The van der Waals surface area contributed by atoms with Crippen molar-refractivity contribution in [3.8, 4) is 0 Å². The molecule has 2 aromatic heterocycles. The smallest absolute Gasteiger partial charge is 0.254 e. The topological polar surface area (TPSA) is 55.1 Å². The van der Waals surface area contributed by atoms with Gasteiger partial charge in [0, 0.05) is 11.8 Å². The number of aromatic nitrogens is 4. The van der Waals surface area contributed by atoms with Crippen LogP contribution in [0, 0.1) is 6.92 Å². The van der Waals surface area contributed by atoms with Gasteiger partial charge in [-0.3, -0.25) is 0 Å². The maximum Gasteiger partial charge on any atom is 0.254 e. The molecule has 1 unspecified atom stereocenters. The van der Waals surface area contributed by atoms with Gasteiger partial charge in [-0.25, -0.2) is 4.98 Å². The van der Waals surface area contributed by atoms with E-state index < -0.39 is 0 Å². The summed E-state index contributed by atoms with van der Waals surface area (Å²) in [7, 11) is 0. The molecule has 3 aromatic rings. The number of anilines is 1. The van der Waals surface area contributed by atoms with Gasteiger partial charge in [0.25, 0.3) is 5.78 Å². The molecular weight excluding hydrogens is 309 g/mol. The minimum absolute atomic E-state index is 0.0367. The molecule has 108 valence electrons. The van der Waals surface area contributed by atoms with Crippen molar-refractivity contribution in [1.82, 2.24) is 19.6 Å². The molecule has 0 saturated carbocycles. The van der Waals surface area contributed by atoms with E-state index in [2.05, 4.69) is 20.4 Å². The molecule has 0 fully saturated rings. The first-order chi connectivity index (χ1) is 10.1. The summed E-state index contributed by atoms with van der Waals surface area (Å²) >= 11 is 12.3. The molecule has 1 N–H and O–H groups in total. The monoisotopic (exact) mass is 321 g/mol. The van der Waals surface area contributed by atoms with Crippen LogP contribution in [0.1, 0.15) is 24.2 Å². The van der Waals surface area contributed by atoms with Gasteiger partial charge in [0.05, 0.1) is 16.1 Å². The van der Waals surface area contributed by atoms with Crippen LogP contribution in [0.3, 0.4) is 0 Å². The fraction of sp³-hybridized carbons (Fsp3) is 0.214. The second kappa shape index (κ2) is 5.50. The predicted octanol–water partition coefficient (Wildman–Crippen LogP) is 3.91. The normalized spacial score (nSPS) is 12.6. The van der Waals surface area contributed by atoms with Gasteiger partial charge in [-0.1, -0.05) is 35.3 Å². The molecule has 0 spiro atoms. The number of fused-ring (bicyclic) bond motifs is 1. The zero-order chi connectivity index (χ0) is 15.0. The molecule has 0 aliphatic heterocycles. The Morgan fingerprint density at radius 3 is 2.90 bits per heavy atom. The summed E-state index contributed by atoms with van der Waals surface area (Å²) in [4.78, 5) is 8.42. The van der Waals surface area contributed by atoms with E-state index in [0.29, 0.717) is 15.8 Å². The van der Waals surface area contributed by atoms with Gasteiger partial charge >= 0.3 is 0 Å². The van der Waals surface area contributed by atoms with E-state index in [1.54, 1.807) is 10.6 Å². The van der Waals surface area contributed by atoms with Crippen molar-refractivity contribution < 1.29 is 0 Å². The summed E-state index contributed by atoms with van der Waals surface area (Å²) in [5.74, 6) is 1.36. The lowest BCUT2D eigenvalue weighted by Gasteiger charge is -2.18. The van der Waals surface area contributed by atoms with E-state index in [4.69, 9.17) is 23.2 Å². The van der Waals surface area contributed by atoms with E-state index in [1.807, 2.05) is 32.0 Å². The molecule has 0 aliphatic rings. The predicted molar refractivity (Wildman–Crippen MR) is 84.0 cm³/mol. The van der Waals surface area contributed by atoms with Crippen LogP contribution in [0.15, 0.2) is 30.6 Å². The Morgan fingerprint density at radius 2 is 2.10 bits per heavy atom. The number of rotatable bonds is 3. The highest BCUT2D eigenvalue weighted by Gasteiger charge is 2.14. The number of nitrogens with zero attached hydrogens (tertiary/aromatic N) is 4. The van der Waals surface area contributed by atoms with Crippen molar-refractivity contribution in [3.05, 3.63) is 51.9 Å². The lowest BCUT2D eigenvalue weighted by atomic mass is 10.1. The molecule has 5 nitrogen and oxygen atoms in total. The average molecular weight is 322 g/mol. The Balaban J connectivity index is 1.98. The van der Waals surface area contributed by atoms with Crippen molar-refractivity contribution in [2.24, 2.45) is 0 Å². The fourth-order valence-electron chi connectivity index (χ4n) is 2.19. The number of nitrogens with one attached hydrogen (secondary N) is 1. The first-order valence-electron chi connectivity index (χ1n) is 6.44. The summed E-state index contributed by atoms with van der Waals surface area (Å²) in [6.45, 7) is 3.92. The second-order valence-corrected chi connectivity index (χ2v) is 5.55. The summed E-state index contributed by atoms with van der Waals surface area (Å²) < 4.78 is 1.65. The van der Waals surface area contributed by atoms with Gasteiger partial charge in [-0.05, 0) is 25.5 Å². The third-order valence-corrected chi connectivity index (χ3v) is 4.03. The van der Waals surface area contributed by atoms with Gasteiger partial charge in [0.2, 0.25) is 0 Å². The van der Waals surface area contributed by atoms with Gasteiger partial charge in [-0.15, -0.1) is 0 Å². The van der Waals surface area contributed by atoms with Crippen molar-refractivity contribution in [2.75, 3.05) is 5.32 Å².